The number of nitrogens with zero attached hydrogens (tertiary/aromatic N) is 2. The number of thiocarbonyl (C=S) groups is 1. The molecule has 1 aromatic carbocycles. The Morgan fingerprint density at radius 3 is 2.65 bits per heavy atom. The Morgan fingerprint density at radius 1 is 1.35 bits per heavy atom. The largest absolute Gasteiger partial charge is 0.298 e. The third-order valence-electron chi connectivity index (χ3n) is 3.11. The van der Waals surface area contributed by atoms with Crippen molar-refractivity contribution in [1.82, 2.24) is 9.88 Å². The number of benzene rings is 1. The molecule has 1 aliphatic heterocycles. The SMILES string of the molecule is CN1C(=O)/C(=C\c2ccc(C(=O)Nc3nccs3)cc2)SC1=S. The molecule has 0 spiro atoms. The number of aromatic nitrogens is 1. The molecule has 2 amide bonds. The molecule has 0 atom stereocenters. The molecule has 0 bridgehead atoms. The average Bonchev–Trinajstić information content (AvgIpc) is 3.13. The number of hydrogen-bond donors (Lipinski definition) is 1. The van der Waals surface area contributed by atoms with Gasteiger partial charge < -0.3 is 0 Å². The molecule has 5 nitrogen and oxygen atoms in total. The van der Waals surface area contributed by atoms with Crippen molar-refractivity contribution in [3.63, 3.8) is 0 Å². The Bertz CT molecular complexity index is 798. The minimum atomic E-state index is -0.216. The molecule has 3 rings (SSSR count). The van der Waals surface area contributed by atoms with Gasteiger partial charge in [0.25, 0.3) is 11.8 Å². The molecule has 1 N–H and O–H groups in total. The van der Waals surface area contributed by atoms with Crippen molar-refractivity contribution >= 4 is 62.7 Å². The number of likely N-dealkylation sites (N-methyl/N-ethyl adjacent to an activating group) is 1. The summed E-state index contributed by atoms with van der Waals surface area (Å²) in [5.41, 5.74) is 1.37. The van der Waals surface area contributed by atoms with Gasteiger partial charge in [0.05, 0.1) is 4.91 Å². The maximum Gasteiger partial charge on any atom is 0.265 e. The predicted molar refractivity (Wildman–Crippen MR) is 97.4 cm³/mol. The van der Waals surface area contributed by atoms with E-state index in [9.17, 15) is 9.59 Å². The summed E-state index contributed by atoms with van der Waals surface area (Å²) in [6.07, 6.45) is 3.40. The standard InChI is InChI=1S/C15H11N3O2S3/c1-18-13(20)11(23-15(18)21)8-9-2-4-10(5-3-9)12(19)17-14-16-6-7-22-14/h2-8H,1H3,(H,16,17,19)/b11-8+. The molecule has 0 aliphatic carbocycles. The van der Waals surface area contributed by atoms with Crippen LogP contribution in [0, 0.1) is 0 Å². The summed E-state index contributed by atoms with van der Waals surface area (Å²) in [7, 11) is 1.66. The first kappa shape index (κ1) is 15.9. The molecule has 2 heterocycles. The first-order valence-corrected chi connectivity index (χ1v) is 8.67. The number of nitrogens with one attached hydrogen (secondary N) is 1. The van der Waals surface area contributed by atoms with Gasteiger partial charge in [-0.3, -0.25) is 19.8 Å². The Balaban J connectivity index is 1.74. The second-order valence-electron chi connectivity index (χ2n) is 4.65. The van der Waals surface area contributed by atoms with Crippen LogP contribution >= 0.6 is 35.3 Å². The molecule has 0 saturated carbocycles. The summed E-state index contributed by atoms with van der Waals surface area (Å²) in [4.78, 5) is 30.1. The van der Waals surface area contributed by atoms with E-state index in [4.69, 9.17) is 12.2 Å². The van der Waals surface area contributed by atoms with Gasteiger partial charge in [0.15, 0.2) is 5.13 Å². The summed E-state index contributed by atoms with van der Waals surface area (Å²) in [6.45, 7) is 0. The van der Waals surface area contributed by atoms with E-state index < -0.39 is 0 Å². The van der Waals surface area contributed by atoms with Gasteiger partial charge in [-0.1, -0.05) is 36.1 Å². The monoisotopic (exact) mass is 361 g/mol. The lowest BCUT2D eigenvalue weighted by molar-refractivity contribution is -0.121. The molecule has 1 saturated heterocycles. The van der Waals surface area contributed by atoms with Gasteiger partial charge in [-0.2, -0.15) is 0 Å². The van der Waals surface area contributed by atoms with Crippen LogP contribution in [0.4, 0.5) is 5.13 Å². The summed E-state index contributed by atoms with van der Waals surface area (Å²) >= 11 is 7.73. The number of carbonyl (C=O) groups is 2. The molecular formula is C15H11N3O2S3. The first-order chi connectivity index (χ1) is 11.0. The fraction of sp³-hybridized carbons (Fsp3) is 0.0667. The van der Waals surface area contributed by atoms with Crippen LogP contribution in [0.2, 0.25) is 0 Å². The maximum atomic E-state index is 12.1. The highest BCUT2D eigenvalue weighted by atomic mass is 32.2. The fourth-order valence-electron chi connectivity index (χ4n) is 1.88. The highest BCUT2D eigenvalue weighted by Crippen LogP contribution is 2.31. The molecule has 1 aromatic heterocycles. The van der Waals surface area contributed by atoms with E-state index in [1.807, 2.05) is 0 Å². The van der Waals surface area contributed by atoms with Gasteiger partial charge in [-0.25, -0.2) is 4.98 Å². The Hall–Kier alpha value is -2.03. The van der Waals surface area contributed by atoms with Crippen LogP contribution in [0.15, 0.2) is 40.7 Å². The molecule has 0 radical (unpaired) electrons. The molecular weight excluding hydrogens is 350 g/mol. The highest BCUT2D eigenvalue weighted by Gasteiger charge is 2.28. The molecule has 1 aliphatic rings. The van der Waals surface area contributed by atoms with Crippen LogP contribution in [-0.4, -0.2) is 33.1 Å². The minimum Gasteiger partial charge on any atom is -0.298 e. The van der Waals surface area contributed by atoms with E-state index in [1.165, 1.54) is 28.0 Å². The fourth-order valence-corrected chi connectivity index (χ4v) is 3.59. The van der Waals surface area contributed by atoms with Gasteiger partial charge in [0, 0.05) is 24.2 Å². The van der Waals surface area contributed by atoms with Crippen LogP contribution in [-0.2, 0) is 4.79 Å². The molecule has 0 unspecified atom stereocenters. The summed E-state index contributed by atoms with van der Waals surface area (Å²) in [5, 5.41) is 5.08. The second-order valence-corrected chi connectivity index (χ2v) is 7.22. The normalized spacial score (nSPS) is 16.2. The summed E-state index contributed by atoms with van der Waals surface area (Å²) in [5.74, 6) is -0.322. The van der Waals surface area contributed by atoms with Crippen LogP contribution in [0.25, 0.3) is 6.08 Å². The third kappa shape index (κ3) is 3.49. The highest BCUT2D eigenvalue weighted by molar-refractivity contribution is 8.26. The van der Waals surface area contributed by atoms with E-state index in [2.05, 4.69) is 10.3 Å². The van der Waals surface area contributed by atoms with Crippen molar-refractivity contribution in [3.8, 4) is 0 Å². The van der Waals surface area contributed by atoms with Crippen molar-refractivity contribution in [3.05, 3.63) is 51.9 Å². The lowest BCUT2D eigenvalue weighted by Gasteiger charge is -2.04. The number of amides is 2. The molecule has 8 heteroatoms. The number of thiazole rings is 1. The number of carbonyl (C=O) groups excluding carboxylic acids is 2. The van der Waals surface area contributed by atoms with Gasteiger partial charge in [0.1, 0.15) is 4.32 Å². The Labute approximate surface area is 146 Å². The average molecular weight is 361 g/mol. The third-order valence-corrected chi connectivity index (χ3v) is 5.28. The van der Waals surface area contributed by atoms with Crippen LogP contribution < -0.4 is 5.32 Å². The van der Waals surface area contributed by atoms with E-state index in [0.29, 0.717) is 19.9 Å². The number of thioether (sulfide) groups is 1. The van der Waals surface area contributed by atoms with Crippen LogP contribution in [0.3, 0.4) is 0 Å². The lowest BCUT2D eigenvalue weighted by Crippen LogP contribution is -2.22. The van der Waals surface area contributed by atoms with Crippen molar-refractivity contribution in [2.75, 3.05) is 12.4 Å². The smallest absolute Gasteiger partial charge is 0.265 e. The lowest BCUT2D eigenvalue weighted by atomic mass is 10.1. The van der Waals surface area contributed by atoms with Gasteiger partial charge in [0.2, 0.25) is 0 Å². The molecule has 1 fully saturated rings. The first-order valence-electron chi connectivity index (χ1n) is 6.57. The zero-order valence-electron chi connectivity index (χ0n) is 12.0. The summed E-state index contributed by atoms with van der Waals surface area (Å²) in [6, 6.07) is 7.00. The molecule has 2 aromatic rings. The van der Waals surface area contributed by atoms with Crippen molar-refractivity contribution < 1.29 is 9.59 Å². The zero-order valence-corrected chi connectivity index (χ0v) is 14.4. The quantitative estimate of drug-likeness (QED) is 0.672. The zero-order chi connectivity index (χ0) is 16.4. The Morgan fingerprint density at radius 2 is 2.09 bits per heavy atom. The second kappa shape index (κ2) is 6.61. The van der Waals surface area contributed by atoms with Gasteiger partial charge >= 0.3 is 0 Å². The van der Waals surface area contributed by atoms with Gasteiger partial charge in [-0.05, 0) is 23.8 Å². The van der Waals surface area contributed by atoms with Gasteiger partial charge in [-0.15, -0.1) is 11.3 Å². The number of hydrogen-bond acceptors (Lipinski definition) is 6. The predicted octanol–water partition coefficient (Wildman–Crippen LogP) is 3.23. The van der Waals surface area contributed by atoms with E-state index in [1.54, 1.807) is 49.0 Å². The molecule has 116 valence electrons. The van der Waals surface area contributed by atoms with Crippen molar-refractivity contribution in [1.29, 1.82) is 0 Å². The topological polar surface area (TPSA) is 62.3 Å². The number of rotatable bonds is 3. The Kier molecular flexibility index (Phi) is 4.56. The maximum absolute atomic E-state index is 12.1. The van der Waals surface area contributed by atoms with E-state index >= 15 is 0 Å². The van der Waals surface area contributed by atoms with E-state index in [0.717, 1.165) is 5.56 Å². The van der Waals surface area contributed by atoms with Crippen LogP contribution in [0.5, 0.6) is 0 Å². The minimum absolute atomic E-state index is 0.106. The van der Waals surface area contributed by atoms with Crippen molar-refractivity contribution in [2.24, 2.45) is 0 Å². The van der Waals surface area contributed by atoms with E-state index in [-0.39, 0.29) is 11.8 Å². The number of anilines is 1. The van der Waals surface area contributed by atoms with Crippen molar-refractivity contribution in [2.45, 2.75) is 0 Å². The summed E-state index contributed by atoms with van der Waals surface area (Å²) < 4.78 is 0.542. The molecule has 23 heavy (non-hydrogen) atoms. The van der Waals surface area contributed by atoms with Crippen LogP contribution in [0.1, 0.15) is 15.9 Å².